The van der Waals surface area contributed by atoms with Crippen molar-refractivity contribution in [1.29, 1.82) is 0 Å². The Kier molecular flexibility index (Phi) is 3.57. The molecule has 0 N–H and O–H groups in total. The molecule has 0 aromatic carbocycles. The van der Waals surface area contributed by atoms with Crippen LogP contribution in [0.5, 0.6) is 0 Å². The molecule has 2 nitrogen and oxygen atoms in total. The van der Waals surface area contributed by atoms with Crippen LogP contribution >= 0.6 is 0 Å². The molecule has 0 radical (unpaired) electrons. The second-order valence-electron chi connectivity index (χ2n) is 7.41. The van der Waals surface area contributed by atoms with Crippen LogP contribution in [0.25, 0.3) is 0 Å². The SMILES string of the molecule is CC(C)N1C[C@@H]2CN(C(C)C)[C@H](C1)C(C)(C)C2. The summed E-state index contributed by atoms with van der Waals surface area (Å²) in [7, 11) is 0. The van der Waals surface area contributed by atoms with Gasteiger partial charge in [-0.25, -0.2) is 0 Å². The van der Waals surface area contributed by atoms with Crippen molar-refractivity contribution in [3.63, 3.8) is 0 Å². The van der Waals surface area contributed by atoms with E-state index in [1.165, 1.54) is 26.1 Å². The van der Waals surface area contributed by atoms with Gasteiger partial charge in [-0.05, 0) is 45.4 Å². The zero-order chi connectivity index (χ0) is 12.8. The van der Waals surface area contributed by atoms with Gasteiger partial charge in [-0.2, -0.15) is 0 Å². The molecule has 17 heavy (non-hydrogen) atoms. The van der Waals surface area contributed by atoms with Gasteiger partial charge < -0.3 is 0 Å². The highest BCUT2D eigenvalue weighted by molar-refractivity contribution is 5.00. The van der Waals surface area contributed by atoms with Crippen molar-refractivity contribution in [2.75, 3.05) is 19.6 Å². The van der Waals surface area contributed by atoms with Gasteiger partial charge in [0, 0.05) is 37.8 Å². The first-order chi connectivity index (χ1) is 7.81. The van der Waals surface area contributed by atoms with E-state index in [0.717, 1.165) is 12.0 Å². The summed E-state index contributed by atoms with van der Waals surface area (Å²) in [5.74, 6) is 0.869. The van der Waals surface area contributed by atoms with Crippen LogP contribution in [-0.2, 0) is 0 Å². The summed E-state index contributed by atoms with van der Waals surface area (Å²) in [6.45, 7) is 18.2. The highest BCUT2D eigenvalue weighted by Crippen LogP contribution is 2.42. The second kappa shape index (κ2) is 4.55. The number of fused-ring (bicyclic) bond motifs is 4. The highest BCUT2D eigenvalue weighted by Gasteiger charge is 2.46. The molecular formula is C15H30N2. The monoisotopic (exact) mass is 238 g/mol. The quantitative estimate of drug-likeness (QED) is 0.730. The van der Waals surface area contributed by atoms with Gasteiger partial charge in [0.15, 0.2) is 0 Å². The minimum absolute atomic E-state index is 0.483. The lowest BCUT2D eigenvalue weighted by Gasteiger charge is -2.49. The summed E-state index contributed by atoms with van der Waals surface area (Å²) < 4.78 is 0. The standard InChI is InChI=1S/C15H30N2/c1-11(2)16-8-13-7-15(5,6)14(10-16)17(9-13)12(3)4/h11-14H,7-10H2,1-6H3/t13-,14-/m1/s1. The predicted molar refractivity (Wildman–Crippen MR) is 74.2 cm³/mol. The lowest BCUT2D eigenvalue weighted by atomic mass is 9.73. The fraction of sp³-hybridized carbons (Fsp3) is 1.00. The van der Waals surface area contributed by atoms with Gasteiger partial charge in [0.05, 0.1) is 0 Å². The first-order valence-corrected chi connectivity index (χ1v) is 7.31. The van der Waals surface area contributed by atoms with Gasteiger partial charge in [0.25, 0.3) is 0 Å². The molecule has 3 fully saturated rings. The Labute approximate surface area is 107 Å². The number of piperidine rings is 1. The molecule has 0 aliphatic carbocycles. The zero-order valence-electron chi connectivity index (χ0n) is 12.5. The minimum Gasteiger partial charge on any atom is -0.299 e. The molecule has 2 atom stereocenters. The van der Waals surface area contributed by atoms with Crippen molar-refractivity contribution in [3.05, 3.63) is 0 Å². The van der Waals surface area contributed by atoms with E-state index in [2.05, 4.69) is 51.3 Å². The molecule has 0 spiro atoms. The maximum absolute atomic E-state index is 2.76. The van der Waals surface area contributed by atoms with Crippen LogP contribution in [0.4, 0.5) is 0 Å². The van der Waals surface area contributed by atoms with E-state index in [1.807, 2.05) is 0 Å². The van der Waals surface area contributed by atoms with Crippen molar-refractivity contribution in [2.45, 2.75) is 66.1 Å². The van der Waals surface area contributed by atoms with Gasteiger partial charge in [-0.3, -0.25) is 9.80 Å². The smallest absolute Gasteiger partial charge is 0.0277 e. The number of hydrogen-bond donors (Lipinski definition) is 0. The first kappa shape index (κ1) is 13.4. The number of nitrogens with zero attached hydrogens (tertiary/aromatic N) is 2. The number of rotatable bonds is 2. The van der Waals surface area contributed by atoms with Crippen LogP contribution in [0.1, 0.15) is 48.0 Å². The fourth-order valence-corrected chi connectivity index (χ4v) is 3.91. The summed E-state index contributed by atoms with van der Waals surface area (Å²) >= 11 is 0. The van der Waals surface area contributed by atoms with Gasteiger partial charge in [-0.1, -0.05) is 13.8 Å². The summed E-state index contributed by atoms with van der Waals surface area (Å²) in [5, 5.41) is 0. The molecular weight excluding hydrogens is 208 g/mol. The van der Waals surface area contributed by atoms with Crippen LogP contribution in [0.15, 0.2) is 0 Å². The maximum atomic E-state index is 2.76. The molecule has 0 aromatic rings. The lowest BCUT2D eigenvalue weighted by Crippen LogP contribution is -2.56. The Hall–Kier alpha value is -0.0800. The fourth-order valence-electron chi connectivity index (χ4n) is 3.91. The maximum Gasteiger partial charge on any atom is 0.0277 e. The van der Waals surface area contributed by atoms with E-state index in [-0.39, 0.29) is 0 Å². The Morgan fingerprint density at radius 2 is 1.59 bits per heavy atom. The molecule has 3 aliphatic heterocycles. The topological polar surface area (TPSA) is 6.48 Å². The largest absolute Gasteiger partial charge is 0.299 e. The van der Waals surface area contributed by atoms with Crippen molar-refractivity contribution >= 4 is 0 Å². The molecule has 0 aromatic heterocycles. The van der Waals surface area contributed by atoms with E-state index in [1.54, 1.807) is 0 Å². The van der Waals surface area contributed by atoms with E-state index in [4.69, 9.17) is 0 Å². The van der Waals surface area contributed by atoms with Crippen LogP contribution in [-0.4, -0.2) is 47.6 Å². The minimum atomic E-state index is 0.483. The van der Waals surface area contributed by atoms with Crippen molar-refractivity contribution in [3.8, 4) is 0 Å². The van der Waals surface area contributed by atoms with Gasteiger partial charge in [0.1, 0.15) is 0 Å². The molecule has 0 unspecified atom stereocenters. The van der Waals surface area contributed by atoms with Crippen molar-refractivity contribution in [2.24, 2.45) is 11.3 Å². The Morgan fingerprint density at radius 1 is 0.941 bits per heavy atom. The van der Waals surface area contributed by atoms with Crippen LogP contribution in [0, 0.1) is 11.3 Å². The molecule has 3 rings (SSSR count). The Balaban J connectivity index is 2.25. The van der Waals surface area contributed by atoms with E-state index in [9.17, 15) is 0 Å². The zero-order valence-corrected chi connectivity index (χ0v) is 12.5. The van der Waals surface area contributed by atoms with Gasteiger partial charge in [-0.15, -0.1) is 0 Å². The van der Waals surface area contributed by atoms with E-state index >= 15 is 0 Å². The molecule has 0 saturated carbocycles. The van der Waals surface area contributed by atoms with Gasteiger partial charge in [0.2, 0.25) is 0 Å². The second-order valence-corrected chi connectivity index (χ2v) is 7.41. The molecule has 3 aliphatic rings. The van der Waals surface area contributed by atoms with Crippen LogP contribution < -0.4 is 0 Å². The summed E-state index contributed by atoms with van der Waals surface area (Å²) in [6.07, 6.45) is 1.41. The summed E-state index contributed by atoms with van der Waals surface area (Å²) in [5.41, 5.74) is 0.483. The Bertz CT molecular complexity index is 268. The molecule has 3 heterocycles. The normalized spacial score (nSPS) is 34.6. The van der Waals surface area contributed by atoms with E-state index < -0.39 is 0 Å². The average Bonchev–Trinajstić information content (AvgIpc) is 2.43. The highest BCUT2D eigenvalue weighted by atomic mass is 15.3. The van der Waals surface area contributed by atoms with E-state index in [0.29, 0.717) is 17.5 Å². The third-order valence-corrected chi connectivity index (χ3v) is 4.88. The molecule has 2 bridgehead atoms. The molecule has 3 saturated heterocycles. The first-order valence-electron chi connectivity index (χ1n) is 7.31. The average molecular weight is 238 g/mol. The van der Waals surface area contributed by atoms with Crippen molar-refractivity contribution in [1.82, 2.24) is 9.80 Å². The molecule has 100 valence electrons. The molecule has 0 amide bonds. The third-order valence-electron chi connectivity index (χ3n) is 4.88. The van der Waals surface area contributed by atoms with Gasteiger partial charge >= 0.3 is 0 Å². The predicted octanol–water partition coefficient (Wildman–Crippen LogP) is 2.84. The molecule has 2 heteroatoms. The van der Waals surface area contributed by atoms with Crippen molar-refractivity contribution < 1.29 is 0 Å². The van der Waals surface area contributed by atoms with Crippen LogP contribution in [0.2, 0.25) is 0 Å². The number of hydrogen-bond acceptors (Lipinski definition) is 2. The third kappa shape index (κ3) is 2.53. The summed E-state index contributed by atoms with van der Waals surface area (Å²) in [6, 6.07) is 2.12. The summed E-state index contributed by atoms with van der Waals surface area (Å²) in [4.78, 5) is 5.46. The lowest BCUT2D eigenvalue weighted by molar-refractivity contribution is 0.00297. The van der Waals surface area contributed by atoms with Crippen LogP contribution in [0.3, 0.4) is 0 Å². The Morgan fingerprint density at radius 3 is 2.12 bits per heavy atom.